The van der Waals surface area contributed by atoms with E-state index in [-0.39, 0.29) is 6.61 Å². The molecule has 0 saturated carbocycles. The molecule has 1 unspecified atom stereocenters. The molecule has 1 atom stereocenters. The summed E-state index contributed by atoms with van der Waals surface area (Å²) in [5.41, 5.74) is 5.51. The summed E-state index contributed by atoms with van der Waals surface area (Å²) in [6.45, 7) is 3.33. The minimum atomic E-state index is 0.198. The Morgan fingerprint density at radius 2 is 1.97 bits per heavy atom. The van der Waals surface area contributed by atoms with E-state index in [0.717, 1.165) is 41.8 Å². The van der Waals surface area contributed by atoms with Crippen molar-refractivity contribution in [1.29, 1.82) is 0 Å². The maximum atomic E-state index is 9.62. The maximum absolute atomic E-state index is 9.62. The molecule has 1 aliphatic heterocycles. The van der Waals surface area contributed by atoms with Crippen LogP contribution in [0.2, 0.25) is 5.28 Å². The van der Waals surface area contributed by atoms with Gasteiger partial charge < -0.3 is 10.0 Å². The van der Waals surface area contributed by atoms with Gasteiger partial charge in [0.05, 0.1) is 5.39 Å². The predicted octanol–water partition coefficient (Wildman–Crippen LogP) is 5.94. The Kier molecular flexibility index (Phi) is 5.69. The number of hydrogen-bond donors (Lipinski definition) is 1. The Balaban J connectivity index is 1.69. The van der Waals surface area contributed by atoms with Gasteiger partial charge in [-0.05, 0) is 86.6 Å². The Labute approximate surface area is 186 Å². The molecule has 1 aliphatic carbocycles. The quantitative estimate of drug-likeness (QED) is 0.509. The molecular weight excluding hydrogens is 414 g/mol. The number of nitrogens with zero attached hydrogens (tertiary/aromatic N) is 3. The SMILES string of the molecule is Cc1sc2nc(Cl)nc(N3CCCCC3CCO)c2c1-c1ccc2c(c1)CCCC2. The number of piperidine rings is 1. The van der Waals surface area contributed by atoms with Gasteiger partial charge in [-0.15, -0.1) is 11.3 Å². The number of aromatic nitrogens is 2. The van der Waals surface area contributed by atoms with Crippen molar-refractivity contribution in [3.63, 3.8) is 0 Å². The molecule has 0 radical (unpaired) electrons. The second kappa shape index (κ2) is 8.45. The lowest BCUT2D eigenvalue weighted by molar-refractivity contribution is 0.262. The molecule has 3 aromatic rings. The average Bonchev–Trinajstić information content (AvgIpc) is 3.09. The minimum absolute atomic E-state index is 0.198. The first-order valence-electron chi connectivity index (χ1n) is 11.1. The lowest BCUT2D eigenvalue weighted by Crippen LogP contribution is -2.40. The summed E-state index contributed by atoms with van der Waals surface area (Å²) in [5, 5.41) is 11.1. The van der Waals surface area contributed by atoms with Crippen LogP contribution in [-0.4, -0.2) is 34.3 Å². The van der Waals surface area contributed by atoms with Crippen molar-refractivity contribution in [2.45, 2.75) is 64.3 Å². The van der Waals surface area contributed by atoms with Gasteiger partial charge in [0.15, 0.2) is 0 Å². The average molecular weight is 442 g/mol. The van der Waals surface area contributed by atoms with Crippen molar-refractivity contribution in [2.75, 3.05) is 18.1 Å². The summed E-state index contributed by atoms with van der Waals surface area (Å²) >= 11 is 8.08. The highest BCUT2D eigenvalue weighted by Crippen LogP contribution is 2.44. The first-order chi connectivity index (χ1) is 14.7. The Morgan fingerprint density at radius 1 is 1.13 bits per heavy atom. The van der Waals surface area contributed by atoms with Gasteiger partial charge in [0, 0.05) is 29.6 Å². The van der Waals surface area contributed by atoms with Gasteiger partial charge in [-0.25, -0.2) is 4.98 Å². The molecule has 0 bridgehead atoms. The lowest BCUT2D eigenvalue weighted by Gasteiger charge is -2.37. The molecule has 4 nitrogen and oxygen atoms in total. The van der Waals surface area contributed by atoms with Crippen LogP contribution in [0.25, 0.3) is 21.3 Å². The van der Waals surface area contributed by atoms with Gasteiger partial charge in [-0.3, -0.25) is 0 Å². The minimum Gasteiger partial charge on any atom is -0.396 e. The van der Waals surface area contributed by atoms with Crippen LogP contribution in [-0.2, 0) is 12.8 Å². The van der Waals surface area contributed by atoms with Crippen LogP contribution in [0, 0.1) is 6.92 Å². The van der Waals surface area contributed by atoms with Crippen LogP contribution in [0.1, 0.15) is 54.5 Å². The third-order valence-corrected chi connectivity index (χ3v) is 7.85. The highest BCUT2D eigenvalue weighted by atomic mass is 35.5. The van der Waals surface area contributed by atoms with Crippen molar-refractivity contribution < 1.29 is 5.11 Å². The molecule has 2 aromatic heterocycles. The first-order valence-corrected chi connectivity index (χ1v) is 12.3. The van der Waals surface area contributed by atoms with E-state index < -0.39 is 0 Å². The van der Waals surface area contributed by atoms with Gasteiger partial charge in [-0.2, -0.15) is 4.98 Å². The molecule has 0 amide bonds. The van der Waals surface area contributed by atoms with E-state index in [4.69, 9.17) is 16.6 Å². The smallest absolute Gasteiger partial charge is 0.225 e. The molecule has 0 spiro atoms. The summed E-state index contributed by atoms with van der Waals surface area (Å²) in [5.74, 6) is 0.945. The predicted molar refractivity (Wildman–Crippen MR) is 126 cm³/mol. The fourth-order valence-corrected chi connectivity index (χ4v) is 6.50. The lowest BCUT2D eigenvalue weighted by atomic mass is 9.88. The maximum Gasteiger partial charge on any atom is 0.225 e. The summed E-state index contributed by atoms with van der Waals surface area (Å²) in [4.78, 5) is 13.9. The van der Waals surface area contributed by atoms with Crippen molar-refractivity contribution in [1.82, 2.24) is 9.97 Å². The summed E-state index contributed by atoms with van der Waals surface area (Å²) < 4.78 is 0. The number of anilines is 1. The largest absolute Gasteiger partial charge is 0.396 e. The molecule has 5 rings (SSSR count). The van der Waals surface area contributed by atoms with E-state index in [1.165, 1.54) is 59.2 Å². The van der Waals surface area contributed by atoms with Gasteiger partial charge >= 0.3 is 0 Å². The number of halogens is 1. The molecule has 158 valence electrons. The molecule has 2 aliphatic rings. The monoisotopic (exact) mass is 441 g/mol. The molecule has 3 heterocycles. The van der Waals surface area contributed by atoms with Gasteiger partial charge in [-0.1, -0.05) is 18.2 Å². The van der Waals surface area contributed by atoms with E-state index in [9.17, 15) is 5.11 Å². The van der Waals surface area contributed by atoms with Gasteiger partial charge in [0.1, 0.15) is 10.6 Å². The summed E-state index contributed by atoms with van der Waals surface area (Å²) in [7, 11) is 0. The Hall–Kier alpha value is -1.69. The van der Waals surface area contributed by atoms with E-state index >= 15 is 0 Å². The fourth-order valence-electron chi connectivity index (χ4n) is 5.24. The third-order valence-electron chi connectivity index (χ3n) is 6.68. The zero-order valence-corrected chi connectivity index (χ0v) is 19.0. The van der Waals surface area contributed by atoms with Crippen LogP contribution in [0.4, 0.5) is 5.82 Å². The first kappa shape index (κ1) is 20.2. The van der Waals surface area contributed by atoms with E-state index in [2.05, 4.69) is 35.0 Å². The zero-order chi connectivity index (χ0) is 20.7. The molecule has 1 N–H and O–H groups in total. The van der Waals surface area contributed by atoms with Crippen molar-refractivity contribution in [3.8, 4) is 11.1 Å². The second-order valence-electron chi connectivity index (χ2n) is 8.58. The van der Waals surface area contributed by atoms with E-state index in [1.807, 2.05) is 0 Å². The highest BCUT2D eigenvalue weighted by molar-refractivity contribution is 7.19. The molecule has 6 heteroatoms. The molecule has 30 heavy (non-hydrogen) atoms. The topological polar surface area (TPSA) is 49.2 Å². The number of benzene rings is 1. The van der Waals surface area contributed by atoms with Crippen molar-refractivity contribution >= 4 is 39.0 Å². The van der Waals surface area contributed by atoms with E-state index in [0.29, 0.717) is 11.3 Å². The standard InChI is InChI=1S/C24H28ClN3OS/c1-15-20(18-10-9-16-6-2-3-7-17(16)14-18)21-22(26-24(25)27-23(21)30-15)28-12-5-4-8-19(28)11-13-29/h9-10,14,19,29H,2-8,11-13H2,1H3. The van der Waals surface area contributed by atoms with Crippen LogP contribution >= 0.6 is 22.9 Å². The number of fused-ring (bicyclic) bond motifs is 2. The molecule has 1 fully saturated rings. The number of rotatable bonds is 4. The van der Waals surface area contributed by atoms with Crippen LogP contribution < -0.4 is 4.90 Å². The van der Waals surface area contributed by atoms with Crippen molar-refractivity contribution in [3.05, 3.63) is 39.5 Å². The summed E-state index contributed by atoms with van der Waals surface area (Å²) in [6, 6.07) is 7.29. The van der Waals surface area contributed by atoms with E-state index in [1.54, 1.807) is 11.3 Å². The zero-order valence-electron chi connectivity index (χ0n) is 17.5. The molecule has 1 aromatic carbocycles. The number of hydrogen-bond acceptors (Lipinski definition) is 5. The van der Waals surface area contributed by atoms with Crippen LogP contribution in [0.3, 0.4) is 0 Å². The number of aliphatic hydroxyl groups is 1. The third kappa shape index (κ3) is 3.61. The summed E-state index contributed by atoms with van der Waals surface area (Å²) in [6.07, 6.45) is 9.13. The Morgan fingerprint density at radius 3 is 2.80 bits per heavy atom. The van der Waals surface area contributed by atoms with Gasteiger partial charge in [0.2, 0.25) is 5.28 Å². The van der Waals surface area contributed by atoms with Crippen LogP contribution in [0.5, 0.6) is 0 Å². The molecule has 1 saturated heterocycles. The molecular formula is C24H28ClN3OS. The number of aryl methyl sites for hydroxylation is 3. The second-order valence-corrected chi connectivity index (χ2v) is 10.1. The number of thiophene rings is 1. The fraction of sp³-hybridized carbons (Fsp3) is 0.500. The van der Waals surface area contributed by atoms with Crippen molar-refractivity contribution in [2.24, 2.45) is 0 Å². The van der Waals surface area contributed by atoms with Crippen LogP contribution in [0.15, 0.2) is 18.2 Å². The highest BCUT2D eigenvalue weighted by Gasteiger charge is 2.28. The Bertz CT molecular complexity index is 1080. The van der Waals surface area contributed by atoms with Gasteiger partial charge in [0.25, 0.3) is 0 Å². The normalized spacial score (nSPS) is 19.3. The number of aliphatic hydroxyl groups excluding tert-OH is 1.